The van der Waals surface area contributed by atoms with E-state index in [1.54, 1.807) is 18.2 Å². The Hall–Kier alpha value is -1.89. The molecule has 0 saturated carbocycles. The molecule has 1 aromatic heterocycles. The van der Waals surface area contributed by atoms with Crippen LogP contribution in [-0.4, -0.2) is 22.6 Å². The van der Waals surface area contributed by atoms with Gasteiger partial charge in [-0.3, -0.25) is 4.79 Å². The lowest BCUT2D eigenvalue weighted by atomic mass is 10.2. The summed E-state index contributed by atoms with van der Waals surface area (Å²) in [6.07, 6.45) is 1.82. The monoisotopic (exact) mass is 310 g/mol. The first-order valence-corrected chi connectivity index (χ1v) is 6.05. The van der Waals surface area contributed by atoms with Crippen LogP contribution >= 0.6 is 15.9 Å². The first kappa shape index (κ1) is 12.6. The molecular formula is C11H11BrN4O2. The molecule has 3 N–H and O–H groups in total. The summed E-state index contributed by atoms with van der Waals surface area (Å²) in [5.74, 6) is 0.305. The van der Waals surface area contributed by atoms with E-state index in [0.717, 1.165) is 4.47 Å². The summed E-state index contributed by atoms with van der Waals surface area (Å²) in [5, 5.41) is 6.23. The number of nitrogens with two attached hydrogens (primary N) is 1. The second-order valence-electron chi connectivity index (χ2n) is 3.58. The molecule has 0 spiro atoms. The van der Waals surface area contributed by atoms with Crippen LogP contribution in [0.4, 0.5) is 5.69 Å². The molecule has 0 saturated heterocycles. The zero-order valence-electron chi connectivity index (χ0n) is 9.39. The van der Waals surface area contributed by atoms with E-state index in [1.165, 1.54) is 6.33 Å². The number of nitrogens with one attached hydrogen (secondary N) is 1. The fraction of sp³-hybridized carbons (Fsp3) is 0.182. The van der Waals surface area contributed by atoms with E-state index in [9.17, 15) is 4.79 Å². The molecule has 0 aliphatic heterocycles. The molecule has 94 valence electrons. The SMILES string of the molecule is Nc1cc(C(=O)NCCc2ncno2)ccc1Br. The summed E-state index contributed by atoms with van der Waals surface area (Å²) >= 11 is 3.27. The van der Waals surface area contributed by atoms with Crippen molar-refractivity contribution in [3.8, 4) is 0 Å². The molecule has 0 unspecified atom stereocenters. The summed E-state index contributed by atoms with van der Waals surface area (Å²) in [6.45, 7) is 0.428. The zero-order valence-corrected chi connectivity index (χ0v) is 11.0. The van der Waals surface area contributed by atoms with E-state index in [0.29, 0.717) is 30.1 Å². The highest BCUT2D eigenvalue weighted by atomic mass is 79.9. The van der Waals surface area contributed by atoms with Crippen molar-refractivity contribution in [2.24, 2.45) is 0 Å². The molecule has 6 nitrogen and oxygen atoms in total. The minimum absolute atomic E-state index is 0.186. The van der Waals surface area contributed by atoms with Gasteiger partial charge in [-0.2, -0.15) is 4.98 Å². The third-order valence-corrected chi connectivity index (χ3v) is 3.01. The van der Waals surface area contributed by atoms with Crippen LogP contribution in [0.2, 0.25) is 0 Å². The predicted molar refractivity (Wildman–Crippen MR) is 68.9 cm³/mol. The second kappa shape index (κ2) is 5.63. The van der Waals surface area contributed by atoms with Gasteiger partial charge in [0.2, 0.25) is 5.89 Å². The lowest BCUT2D eigenvalue weighted by Crippen LogP contribution is -2.25. The quantitative estimate of drug-likeness (QED) is 0.832. The number of rotatable bonds is 4. The number of benzene rings is 1. The largest absolute Gasteiger partial charge is 0.398 e. The predicted octanol–water partition coefficient (Wildman–Crippen LogP) is 1.39. The Morgan fingerprint density at radius 3 is 3.00 bits per heavy atom. The molecular weight excluding hydrogens is 300 g/mol. The van der Waals surface area contributed by atoms with Crippen LogP contribution in [0.1, 0.15) is 16.2 Å². The Bertz CT molecular complexity index is 542. The molecule has 1 aromatic carbocycles. The van der Waals surface area contributed by atoms with Gasteiger partial charge in [-0.05, 0) is 34.1 Å². The third kappa shape index (κ3) is 3.07. The first-order chi connectivity index (χ1) is 8.66. The van der Waals surface area contributed by atoms with Crippen molar-refractivity contribution in [1.29, 1.82) is 0 Å². The van der Waals surface area contributed by atoms with Gasteiger partial charge in [-0.25, -0.2) is 0 Å². The maximum Gasteiger partial charge on any atom is 0.251 e. The molecule has 0 fully saturated rings. The molecule has 2 aromatic rings. The number of anilines is 1. The molecule has 0 atom stereocenters. The van der Waals surface area contributed by atoms with E-state index in [1.807, 2.05) is 0 Å². The van der Waals surface area contributed by atoms with Gasteiger partial charge in [-0.1, -0.05) is 5.16 Å². The standard InChI is InChI=1S/C11H11BrN4O2/c12-8-2-1-7(5-9(8)13)11(17)14-4-3-10-15-6-16-18-10/h1-2,5-6H,3-4,13H2,(H,14,17). The molecule has 7 heteroatoms. The summed E-state index contributed by atoms with van der Waals surface area (Å²) in [5.41, 5.74) is 6.75. The van der Waals surface area contributed by atoms with Crippen LogP contribution in [0, 0.1) is 0 Å². The summed E-state index contributed by atoms with van der Waals surface area (Å²) in [7, 11) is 0. The maximum atomic E-state index is 11.8. The van der Waals surface area contributed by atoms with Crippen LogP contribution < -0.4 is 11.1 Å². The number of hydrogen-bond donors (Lipinski definition) is 2. The van der Waals surface area contributed by atoms with Crippen molar-refractivity contribution >= 4 is 27.5 Å². The maximum absolute atomic E-state index is 11.8. The number of halogens is 1. The molecule has 0 bridgehead atoms. The van der Waals surface area contributed by atoms with Crippen molar-refractivity contribution in [3.05, 3.63) is 40.5 Å². The Labute approximate surface area is 112 Å². The van der Waals surface area contributed by atoms with Crippen molar-refractivity contribution in [2.45, 2.75) is 6.42 Å². The van der Waals surface area contributed by atoms with Gasteiger partial charge in [0.25, 0.3) is 5.91 Å². The first-order valence-electron chi connectivity index (χ1n) is 5.25. The molecule has 0 aliphatic carbocycles. The fourth-order valence-electron chi connectivity index (χ4n) is 1.38. The van der Waals surface area contributed by atoms with Gasteiger partial charge >= 0.3 is 0 Å². The normalized spacial score (nSPS) is 10.3. The number of hydrogen-bond acceptors (Lipinski definition) is 5. The smallest absolute Gasteiger partial charge is 0.251 e. The summed E-state index contributed by atoms with van der Waals surface area (Å²) in [6, 6.07) is 5.05. The number of amides is 1. The van der Waals surface area contributed by atoms with Gasteiger partial charge in [0, 0.05) is 28.7 Å². The van der Waals surface area contributed by atoms with Gasteiger partial charge in [0.15, 0.2) is 6.33 Å². The van der Waals surface area contributed by atoms with Gasteiger partial charge in [0.05, 0.1) is 0 Å². The number of aromatic nitrogens is 2. The fourth-order valence-corrected chi connectivity index (χ4v) is 1.62. The molecule has 1 amide bonds. The van der Waals surface area contributed by atoms with E-state index >= 15 is 0 Å². The van der Waals surface area contributed by atoms with Crippen molar-refractivity contribution in [1.82, 2.24) is 15.5 Å². The van der Waals surface area contributed by atoms with Gasteiger partial charge in [0.1, 0.15) is 0 Å². The highest BCUT2D eigenvalue weighted by Gasteiger charge is 2.07. The van der Waals surface area contributed by atoms with Gasteiger partial charge < -0.3 is 15.6 Å². The van der Waals surface area contributed by atoms with Crippen molar-refractivity contribution in [3.63, 3.8) is 0 Å². The van der Waals surface area contributed by atoms with E-state index in [-0.39, 0.29) is 5.91 Å². The van der Waals surface area contributed by atoms with Gasteiger partial charge in [-0.15, -0.1) is 0 Å². The zero-order chi connectivity index (χ0) is 13.0. The number of carbonyl (C=O) groups excluding carboxylic acids is 1. The highest BCUT2D eigenvalue weighted by molar-refractivity contribution is 9.10. The average Bonchev–Trinajstić information content (AvgIpc) is 2.85. The van der Waals surface area contributed by atoms with E-state index < -0.39 is 0 Å². The van der Waals surface area contributed by atoms with Crippen LogP contribution in [0.5, 0.6) is 0 Å². The third-order valence-electron chi connectivity index (χ3n) is 2.29. The molecule has 0 aliphatic rings. The average molecular weight is 311 g/mol. The highest BCUT2D eigenvalue weighted by Crippen LogP contribution is 2.19. The molecule has 18 heavy (non-hydrogen) atoms. The van der Waals surface area contributed by atoms with Crippen molar-refractivity contribution in [2.75, 3.05) is 12.3 Å². The summed E-state index contributed by atoms with van der Waals surface area (Å²) < 4.78 is 5.59. The summed E-state index contributed by atoms with van der Waals surface area (Å²) in [4.78, 5) is 15.6. The Kier molecular flexibility index (Phi) is 3.93. The second-order valence-corrected chi connectivity index (χ2v) is 4.43. The van der Waals surface area contributed by atoms with E-state index in [4.69, 9.17) is 10.3 Å². The molecule has 2 rings (SSSR count). The van der Waals surface area contributed by atoms with E-state index in [2.05, 4.69) is 31.4 Å². The lowest BCUT2D eigenvalue weighted by Gasteiger charge is -2.05. The minimum Gasteiger partial charge on any atom is -0.398 e. The molecule has 1 heterocycles. The van der Waals surface area contributed by atoms with Crippen molar-refractivity contribution < 1.29 is 9.32 Å². The van der Waals surface area contributed by atoms with Crippen LogP contribution in [0.25, 0.3) is 0 Å². The van der Waals surface area contributed by atoms with Crippen LogP contribution in [0.15, 0.2) is 33.5 Å². The number of carbonyl (C=O) groups is 1. The molecule has 0 radical (unpaired) electrons. The number of nitrogen functional groups attached to an aromatic ring is 1. The van der Waals surface area contributed by atoms with Crippen LogP contribution in [0.3, 0.4) is 0 Å². The Morgan fingerprint density at radius 2 is 2.33 bits per heavy atom. The minimum atomic E-state index is -0.186. The van der Waals surface area contributed by atoms with Crippen LogP contribution in [-0.2, 0) is 6.42 Å². The topological polar surface area (TPSA) is 94.0 Å². The number of nitrogens with zero attached hydrogens (tertiary/aromatic N) is 2. The Balaban J connectivity index is 1.89. The Morgan fingerprint density at radius 1 is 1.50 bits per heavy atom. The lowest BCUT2D eigenvalue weighted by molar-refractivity contribution is 0.0953.